The highest BCUT2D eigenvalue weighted by atomic mass is 16.5. The summed E-state index contributed by atoms with van der Waals surface area (Å²) in [6, 6.07) is 20.4. The Morgan fingerprint density at radius 2 is 1.79 bits per heavy atom. The van der Waals surface area contributed by atoms with Crippen molar-refractivity contribution < 1.29 is 9.53 Å². The van der Waals surface area contributed by atoms with Crippen molar-refractivity contribution in [1.29, 1.82) is 0 Å². The minimum absolute atomic E-state index is 0.293. The molecule has 0 spiro atoms. The third-order valence-electron chi connectivity index (χ3n) is 4.37. The molecule has 28 heavy (non-hydrogen) atoms. The van der Waals surface area contributed by atoms with E-state index in [1.54, 1.807) is 13.1 Å². The van der Waals surface area contributed by atoms with Crippen molar-refractivity contribution in [3.05, 3.63) is 84.8 Å². The number of nitrogens with zero attached hydrogens (tertiary/aromatic N) is 3. The largest absolute Gasteiger partial charge is 0.464 e. The van der Waals surface area contributed by atoms with E-state index in [0.29, 0.717) is 23.8 Å². The zero-order valence-corrected chi connectivity index (χ0v) is 15.4. The minimum atomic E-state index is -0.739. The molecule has 6 nitrogen and oxygen atoms in total. The van der Waals surface area contributed by atoms with Gasteiger partial charge in [0.25, 0.3) is 0 Å². The summed E-state index contributed by atoms with van der Waals surface area (Å²) in [5, 5.41) is 3.31. The smallest absolute Gasteiger partial charge is 0.334 e. The van der Waals surface area contributed by atoms with Gasteiger partial charge in [0.2, 0.25) is 5.78 Å². The van der Waals surface area contributed by atoms with E-state index >= 15 is 0 Å². The van der Waals surface area contributed by atoms with Crippen LogP contribution in [-0.2, 0) is 9.53 Å². The highest BCUT2D eigenvalue weighted by Crippen LogP contribution is 2.31. The molecule has 2 aromatic carbocycles. The van der Waals surface area contributed by atoms with Gasteiger partial charge >= 0.3 is 5.97 Å². The highest BCUT2D eigenvalue weighted by Gasteiger charge is 2.30. The van der Waals surface area contributed by atoms with Gasteiger partial charge < -0.3 is 10.1 Å². The number of ether oxygens (including phenoxy) is 1. The van der Waals surface area contributed by atoms with Crippen LogP contribution in [0.25, 0.3) is 17.0 Å². The maximum absolute atomic E-state index is 12.9. The number of nitrogens with one attached hydrogen (secondary N) is 1. The summed E-state index contributed by atoms with van der Waals surface area (Å²) in [5.41, 5.74) is 3.11. The molecule has 0 aliphatic rings. The number of benzene rings is 2. The van der Waals surface area contributed by atoms with Gasteiger partial charge in [0.1, 0.15) is 0 Å². The second-order valence-electron chi connectivity index (χ2n) is 6.20. The summed E-state index contributed by atoms with van der Waals surface area (Å²) in [5.74, 6) is 0.162. The van der Waals surface area contributed by atoms with E-state index in [0.717, 1.165) is 11.3 Å². The number of hydrogen-bond acceptors (Lipinski definition) is 5. The fraction of sp³-hybridized carbons (Fsp3) is 0.136. The van der Waals surface area contributed by atoms with Crippen molar-refractivity contribution in [3.63, 3.8) is 0 Å². The highest BCUT2D eigenvalue weighted by molar-refractivity contribution is 5.84. The number of imidazole rings is 1. The first kappa shape index (κ1) is 17.7. The second kappa shape index (κ2) is 7.92. The Morgan fingerprint density at radius 1 is 1.07 bits per heavy atom. The second-order valence-corrected chi connectivity index (χ2v) is 6.20. The third-order valence-corrected chi connectivity index (χ3v) is 4.37. The number of esters is 1. The first-order chi connectivity index (χ1) is 13.8. The van der Waals surface area contributed by atoms with E-state index in [1.165, 1.54) is 0 Å². The molecule has 1 atom stereocenters. The number of carbonyl (C=O) groups is 1. The normalized spacial score (nSPS) is 11.9. The zero-order valence-electron chi connectivity index (χ0n) is 15.4. The minimum Gasteiger partial charge on any atom is -0.464 e. The molecule has 1 N–H and O–H groups in total. The molecule has 0 aliphatic carbocycles. The Kier molecular flexibility index (Phi) is 5.01. The average Bonchev–Trinajstić information content (AvgIpc) is 3.13. The van der Waals surface area contributed by atoms with Crippen LogP contribution < -0.4 is 5.32 Å². The van der Waals surface area contributed by atoms with Crippen molar-refractivity contribution >= 4 is 17.4 Å². The molecule has 2 heterocycles. The number of rotatable bonds is 6. The molecule has 0 saturated carbocycles. The summed E-state index contributed by atoms with van der Waals surface area (Å²) < 4.78 is 7.21. The van der Waals surface area contributed by atoms with E-state index in [1.807, 2.05) is 77.3 Å². The van der Waals surface area contributed by atoms with Gasteiger partial charge in [0.15, 0.2) is 6.04 Å². The van der Waals surface area contributed by atoms with Gasteiger partial charge in [0, 0.05) is 23.6 Å². The lowest BCUT2D eigenvalue weighted by Crippen LogP contribution is -2.25. The first-order valence-corrected chi connectivity index (χ1v) is 9.14. The number of hydrogen-bond donors (Lipinski definition) is 1. The molecule has 6 heteroatoms. The Bertz CT molecular complexity index is 1080. The molecule has 0 bridgehead atoms. The van der Waals surface area contributed by atoms with E-state index in [-0.39, 0.29) is 5.97 Å². The Morgan fingerprint density at radius 3 is 2.50 bits per heavy atom. The van der Waals surface area contributed by atoms with E-state index in [4.69, 9.17) is 9.72 Å². The SMILES string of the molecule is CCOC(=O)[C@H](Nc1ccccc1)c1c(-c2ccccc2)nc2ncccn12. The van der Waals surface area contributed by atoms with Crippen molar-refractivity contribution in [2.45, 2.75) is 13.0 Å². The van der Waals surface area contributed by atoms with Gasteiger partial charge in [0.05, 0.1) is 18.0 Å². The van der Waals surface area contributed by atoms with Gasteiger partial charge in [-0.2, -0.15) is 0 Å². The lowest BCUT2D eigenvalue weighted by atomic mass is 10.1. The summed E-state index contributed by atoms with van der Waals surface area (Å²) in [6.07, 6.45) is 3.54. The predicted octanol–water partition coefficient (Wildman–Crippen LogP) is 4.11. The molecule has 0 unspecified atom stereocenters. The van der Waals surface area contributed by atoms with Crippen LogP contribution in [0.1, 0.15) is 18.7 Å². The number of fused-ring (bicyclic) bond motifs is 1. The maximum Gasteiger partial charge on any atom is 0.334 e. The van der Waals surface area contributed by atoms with Crippen LogP contribution >= 0.6 is 0 Å². The van der Waals surface area contributed by atoms with Gasteiger partial charge in [-0.1, -0.05) is 48.5 Å². The molecule has 140 valence electrons. The molecule has 0 aliphatic heterocycles. The first-order valence-electron chi connectivity index (χ1n) is 9.14. The molecular formula is C22H20N4O2. The average molecular weight is 372 g/mol. The molecule has 0 fully saturated rings. The van der Waals surface area contributed by atoms with Crippen LogP contribution in [0.5, 0.6) is 0 Å². The number of para-hydroxylation sites is 1. The van der Waals surface area contributed by atoms with Crippen LogP contribution in [0.3, 0.4) is 0 Å². The molecule has 4 aromatic rings. The van der Waals surface area contributed by atoms with Crippen LogP contribution in [0.15, 0.2) is 79.1 Å². The van der Waals surface area contributed by atoms with Crippen LogP contribution in [0, 0.1) is 0 Å². The van der Waals surface area contributed by atoms with Crippen molar-refractivity contribution in [2.75, 3.05) is 11.9 Å². The molecule has 0 amide bonds. The Hall–Kier alpha value is -3.67. The number of carbonyl (C=O) groups excluding carboxylic acids is 1. The predicted molar refractivity (Wildman–Crippen MR) is 108 cm³/mol. The molecule has 4 rings (SSSR count). The van der Waals surface area contributed by atoms with E-state index in [2.05, 4.69) is 10.3 Å². The lowest BCUT2D eigenvalue weighted by molar-refractivity contribution is -0.144. The summed E-state index contributed by atoms with van der Waals surface area (Å²) in [4.78, 5) is 22.0. The zero-order chi connectivity index (χ0) is 19.3. The van der Waals surface area contributed by atoms with Crippen molar-refractivity contribution in [3.8, 4) is 11.3 Å². The molecular weight excluding hydrogens is 352 g/mol. The molecule has 2 aromatic heterocycles. The van der Waals surface area contributed by atoms with Crippen LogP contribution in [-0.4, -0.2) is 26.9 Å². The number of aromatic nitrogens is 3. The van der Waals surface area contributed by atoms with Crippen LogP contribution in [0.4, 0.5) is 5.69 Å². The number of anilines is 1. The quantitative estimate of drug-likeness (QED) is 0.516. The fourth-order valence-electron chi connectivity index (χ4n) is 3.16. The van der Waals surface area contributed by atoms with Crippen molar-refractivity contribution in [2.24, 2.45) is 0 Å². The van der Waals surface area contributed by atoms with Gasteiger partial charge in [-0.25, -0.2) is 14.8 Å². The van der Waals surface area contributed by atoms with E-state index in [9.17, 15) is 4.79 Å². The summed E-state index contributed by atoms with van der Waals surface area (Å²) in [6.45, 7) is 2.09. The Labute approximate surface area is 162 Å². The monoisotopic (exact) mass is 372 g/mol. The fourth-order valence-corrected chi connectivity index (χ4v) is 3.16. The van der Waals surface area contributed by atoms with Gasteiger partial charge in [-0.15, -0.1) is 0 Å². The van der Waals surface area contributed by atoms with Crippen molar-refractivity contribution in [1.82, 2.24) is 14.4 Å². The van der Waals surface area contributed by atoms with Crippen LogP contribution in [0.2, 0.25) is 0 Å². The molecule has 0 radical (unpaired) electrons. The molecule has 0 saturated heterocycles. The van der Waals surface area contributed by atoms with Gasteiger partial charge in [-0.3, -0.25) is 4.40 Å². The topological polar surface area (TPSA) is 68.5 Å². The maximum atomic E-state index is 12.9. The summed E-state index contributed by atoms with van der Waals surface area (Å²) in [7, 11) is 0. The van der Waals surface area contributed by atoms with E-state index < -0.39 is 6.04 Å². The Balaban J connectivity index is 1.90. The standard InChI is InChI=1S/C22H20N4O2/c1-2-28-21(27)19(24-17-12-7-4-8-13-17)20-18(16-10-5-3-6-11-16)25-22-23-14-9-15-26(20)22/h3-15,19,24H,2H2,1H3/t19-/m1/s1. The lowest BCUT2D eigenvalue weighted by Gasteiger charge is -2.19. The third kappa shape index (κ3) is 3.44. The summed E-state index contributed by atoms with van der Waals surface area (Å²) >= 11 is 0. The van der Waals surface area contributed by atoms with Gasteiger partial charge in [-0.05, 0) is 25.1 Å².